The lowest BCUT2D eigenvalue weighted by atomic mass is 10.0. The van der Waals surface area contributed by atoms with Gasteiger partial charge in [0.15, 0.2) is 5.96 Å². The van der Waals surface area contributed by atoms with Gasteiger partial charge in [0, 0.05) is 17.8 Å². The van der Waals surface area contributed by atoms with E-state index in [9.17, 15) is 4.39 Å². The molecule has 27 heavy (non-hydrogen) atoms. The first kappa shape index (κ1) is 23.4. The molecule has 0 radical (unpaired) electrons. The van der Waals surface area contributed by atoms with Gasteiger partial charge < -0.3 is 16.0 Å². The second-order valence-electron chi connectivity index (χ2n) is 6.65. The summed E-state index contributed by atoms with van der Waals surface area (Å²) in [6, 6.07) is 11.4. The second kappa shape index (κ2) is 11.2. The van der Waals surface area contributed by atoms with E-state index >= 15 is 0 Å². The minimum absolute atomic E-state index is 0. The molecule has 2 aromatic carbocycles. The van der Waals surface area contributed by atoms with Crippen LogP contribution in [0.1, 0.15) is 36.1 Å². The molecule has 148 valence electrons. The third-order valence-corrected chi connectivity index (χ3v) is 4.28. The first-order chi connectivity index (χ1) is 12.4. The van der Waals surface area contributed by atoms with Gasteiger partial charge in [-0.15, -0.1) is 24.0 Å². The maximum Gasteiger partial charge on any atom is 0.193 e. The molecule has 0 heterocycles. The van der Waals surface area contributed by atoms with Crippen molar-refractivity contribution in [2.75, 3.05) is 19.4 Å². The molecule has 0 aliphatic rings. The van der Waals surface area contributed by atoms with E-state index in [0.29, 0.717) is 24.6 Å². The maximum absolute atomic E-state index is 13.9. The normalized spacial score (nSPS) is 11.4. The fourth-order valence-electron chi connectivity index (χ4n) is 2.94. The summed E-state index contributed by atoms with van der Waals surface area (Å²) < 4.78 is 13.9. The van der Waals surface area contributed by atoms with Gasteiger partial charge in [0.05, 0.1) is 6.54 Å². The summed E-state index contributed by atoms with van der Waals surface area (Å²) in [7, 11) is 3.84. The van der Waals surface area contributed by atoms with Crippen LogP contribution < -0.4 is 11.1 Å². The Morgan fingerprint density at radius 1 is 1.07 bits per heavy atom. The second-order valence-corrected chi connectivity index (χ2v) is 6.65. The zero-order valence-electron chi connectivity index (χ0n) is 16.6. The minimum Gasteiger partial charge on any atom is -0.370 e. The first-order valence-corrected chi connectivity index (χ1v) is 9.04. The fourth-order valence-corrected chi connectivity index (χ4v) is 2.94. The Bertz CT molecular complexity index is 753. The number of halogens is 2. The van der Waals surface area contributed by atoms with Gasteiger partial charge in [-0.2, -0.15) is 0 Å². The molecule has 2 aromatic rings. The van der Waals surface area contributed by atoms with Crippen molar-refractivity contribution >= 4 is 35.6 Å². The Hall–Kier alpha value is -1.67. The molecule has 0 aromatic heterocycles. The number of nitrogens with two attached hydrogens (primary N) is 1. The zero-order valence-corrected chi connectivity index (χ0v) is 18.9. The Labute approximate surface area is 179 Å². The van der Waals surface area contributed by atoms with Gasteiger partial charge in [-0.25, -0.2) is 9.38 Å². The average Bonchev–Trinajstić information content (AvgIpc) is 2.62. The molecule has 0 saturated heterocycles. The quantitative estimate of drug-likeness (QED) is 0.344. The van der Waals surface area contributed by atoms with Crippen LogP contribution in [0.25, 0.3) is 0 Å². The SMILES string of the molecule is CCc1cccc(CC)c1NC(N)=NCc1ccc(F)c(CN(C)C)c1.I. The monoisotopic (exact) mass is 484 g/mol. The van der Waals surface area contributed by atoms with E-state index in [1.54, 1.807) is 6.07 Å². The minimum atomic E-state index is -0.193. The number of hydrogen-bond acceptors (Lipinski definition) is 2. The average molecular weight is 484 g/mol. The van der Waals surface area contributed by atoms with Crippen molar-refractivity contribution in [1.82, 2.24) is 4.90 Å². The third kappa shape index (κ3) is 6.77. The molecule has 6 heteroatoms. The summed E-state index contributed by atoms with van der Waals surface area (Å²) in [5, 5.41) is 3.25. The lowest BCUT2D eigenvalue weighted by molar-refractivity contribution is 0.392. The van der Waals surface area contributed by atoms with E-state index in [2.05, 4.69) is 42.4 Å². The van der Waals surface area contributed by atoms with Crippen molar-refractivity contribution < 1.29 is 4.39 Å². The molecule has 0 fully saturated rings. The Morgan fingerprint density at radius 3 is 2.26 bits per heavy atom. The molecule has 0 unspecified atom stereocenters. The summed E-state index contributed by atoms with van der Waals surface area (Å²) in [5.41, 5.74) is 11.2. The van der Waals surface area contributed by atoms with Crippen LogP contribution in [0, 0.1) is 5.82 Å². The predicted octanol–water partition coefficient (Wildman–Crippen LogP) is 4.56. The van der Waals surface area contributed by atoms with Crippen molar-refractivity contribution in [3.8, 4) is 0 Å². The van der Waals surface area contributed by atoms with E-state index in [0.717, 1.165) is 24.1 Å². The molecule has 2 rings (SSSR count). The highest BCUT2D eigenvalue weighted by Gasteiger charge is 2.08. The van der Waals surface area contributed by atoms with Crippen molar-refractivity contribution in [2.24, 2.45) is 10.7 Å². The molecule has 3 N–H and O–H groups in total. The number of aliphatic imine (C=N–C) groups is 1. The number of anilines is 1. The van der Waals surface area contributed by atoms with Crippen molar-refractivity contribution in [1.29, 1.82) is 0 Å². The van der Waals surface area contributed by atoms with Crippen LogP contribution in [-0.2, 0) is 25.9 Å². The third-order valence-electron chi connectivity index (χ3n) is 4.28. The lowest BCUT2D eigenvalue weighted by Crippen LogP contribution is -2.24. The van der Waals surface area contributed by atoms with Gasteiger partial charge in [-0.3, -0.25) is 0 Å². The molecule has 0 aliphatic heterocycles. The highest BCUT2D eigenvalue weighted by Crippen LogP contribution is 2.22. The van der Waals surface area contributed by atoms with Gasteiger partial charge in [0.2, 0.25) is 0 Å². The highest BCUT2D eigenvalue weighted by molar-refractivity contribution is 14.0. The molecule has 0 saturated carbocycles. The Kier molecular flexibility index (Phi) is 9.73. The Morgan fingerprint density at radius 2 is 1.70 bits per heavy atom. The summed E-state index contributed by atoms with van der Waals surface area (Å²) >= 11 is 0. The fraction of sp³-hybridized carbons (Fsp3) is 0.381. The number of hydrogen-bond donors (Lipinski definition) is 2. The van der Waals surface area contributed by atoms with E-state index in [1.807, 2.05) is 25.1 Å². The summed E-state index contributed by atoms with van der Waals surface area (Å²) in [6.07, 6.45) is 1.85. The number of benzene rings is 2. The van der Waals surface area contributed by atoms with E-state index in [-0.39, 0.29) is 29.8 Å². The number of para-hydroxylation sites is 1. The highest BCUT2D eigenvalue weighted by atomic mass is 127. The van der Waals surface area contributed by atoms with E-state index in [4.69, 9.17) is 5.73 Å². The summed E-state index contributed by atoms with van der Waals surface area (Å²) in [6.45, 7) is 5.21. The topological polar surface area (TPSA) is 53.6 Å². The van der Waals surface area contributed by atoms with Crippen LogP contribution >= 0.6 is 24.0 Å². The molecular formula is C21H30FIN4. The molecule has 0 atom stereocenters. The molecule has 0 aliphatic carbocycles. The van der Waals surface area contributed by atoms with Crippen LogP contribution in [0.2, 0.25) is 0 Å². The van der Waals surface area contributed by atoms with Gasteiger partial charge >= 0.3 is 0 Å². The molecular weight excluding hydrogens is 454 g/mol. The molecule has 0 bridgehead atoms. The number of rotatable bonds is 7. The first-order valence-electron chi connectivity index (χ1n) is 9.04. The summed E-state index contributed by atoms with van der Waals surface area (Å²) in [5.74, 6) is 0.182. The zero-order chi connectivity index (χ0) is 19.1. The van der Waals surface area contributed by atoms with Gasteiger partial charge in [-0.1, -0.05) is 38.1 Å². The largest absolute Gasteiger partial charge is 0.370 e. The number of nitrogens with zero attached hydrogens (tertiary/aromatic N) is 2. The number of nitrogens with one attached hydrogen (secondary N) is 1. The van der Waals surface area contributed by atoms with E-state index in [1.165, 1.54) is 17.2 Å². The van der Waals surface area contributed by atoms with Gasteiger partial charge in [-0.05, 0) is 55.8 Å². The Balaban J connectivity index is 0.00000364. The maximum atomic E-state index is 13.9. The molecule has 4 nitrogen and oxygen atoms in total. The molecule has 0 amide bonds. The van der Waals surface area contributed by atoms with Gasteiger partial charge in [0.25, 0.3) is 0 Å². The number of guanidine groups is 1. The van der Waals surface area contributed by atoms with Crippen LogP contribution in [-0.4, -0.2) is 25.0 Å². The van der Waals surface area contributed by atoms with Crippen LogP contribution in [0.5, 0.6) is 0 Å². The number of aryl methyl sites for hydroxylation is 2. The van der Waals surface area contributed by atoms with Crippen molar-refractivity contribution in [2.45, 2.75) is 39.8 Å². The smallest absolute Gasteiger partial charge is 0.193 e. The van der Waals surface area contributed by atoms with Crippen LogP contribution in [0.4, 0.5) is 10.1 Å². The predicted molar refractivity (Wildman–Crippen MR) is 123 cm³/mol. The molecule has 0 spiro atoms. The van der Waals surface area contributed by atoms with Crippen molar-refractivity contribution in [3.05, 3.63) is 64.5 Å². The van der Waals surface area contributed by atoms with Crippen LogP contribution in [0.3, 0.4) is 0 Å². The van der Waals surface area contributed by atoms with Crippen molar-refractivity contribution in [3.63, 3.8) is 0 Å². The van der Waals surface area contributed by atoms with Gasteiger partial charge in [0.1, 0.15) is 5.82 Å². The lowest BCUT2D eigenvalue weighted by Gasteiger charge is -2.15. The van der Waals surface area contributed by atoms with Crippen LogP contribution in [0.15, 0.2) is 41.4 Å². The summed E-state index contributed by atoms with van der Waals surface area (Å²) in [4.78, 5) is 6.38. The van der Waals surface area contributed by atoms with E-state index < -0.39 is 0 Å². The standard InChI is InChI=1S/C21H29FN4.HI/c1-5-16-8-7-9-17(6-2)20(16)25-21(23)24-13-15-10-11-19(22)18(12-15)14-26(3)4;/h7-12H,5-6,13-14H2,1-4H3,(H3,23,24,25);1H.